The van der Waals surface area contributed by atoms with E-state index in [0.717, 1.165) is 5.56 Å². The molecule has 0 saturated carbocycles. The third kappa shape index (κ3) is 3.64. The van der Waals surface area contributed by atoms with Crippen LogP contribution in [0.15, 0.2) is 42.6 Å². The number of pyridine rings is 1. The summed E-state index contributed by atoms with van der Waals surface area (Å²) < 4.78 is 0. The van der Waals surface area contributed by atoms with Crippen LogP contribution in [-0.4, -0.2) is 22.0 Å². The summed E-state index contributed by atoms with van der Waals surface area (Å²) >= 11 is 0. The van der Waals surface area contributed by atoms with Gasteiger partial charge in [0.1, 0.15) is 5.69 Å². The molecule has 0 unspecified atom stereocenters. The van der Waals surface area contributed by atoms with Gasteiger partial charge in [-0.2, -0.15) is 5.26 Å². The highest BCUT2D eigenvalue weighted by Gasteiger charge is 2.10. The van der Waals surface area contributed by atoms with Crippen LogP contribution in [0.25, 0.3) is 0 Å². The number of rotatable bonds is 4. The highest BCUT2D eigenvalue weighted by Crippen LogP contribution is 2.06. The molecular formula is C15H11N3O3. The summed E-state index contributed by atoms with van der Waals surface area (Å²) in [6, 6.07) is 11.5. The summed E-state index contributed by atoms with van der Waals surface area (Å²) in [6.07, 6.45) is 1.27. The van der Waals surface area contributed by atoms with Gasteiger partial charge in [0.25, 0.3) is 5.91 Å². The number of aromatic nitrogens is 1. The standard InChI is InChI=1S/C15H11N3O3/c16-8-10-2-1-3-11(6-10)9-18-14(19)12-4-5-17-13(7-12)15(20)21/h1-7H,9H2,(H,18,19)(H,20,21). The molecule has 2 rings (SSSR count). The van der Waals surface area contributed by atoms with E-state index in [9.17, 15) is 9.59 Å². The van der Waals surface area contributed by atoms with Gasteiger partial charge in [-0.15, -0.1) is 0 Å². The number of carbonyl (C=O) groups is 2. The SMILES string of the molecule is N#Cc1cccc(CNC(=O)c2ccnc(C(=O)O)c2)c1. The van der Waals surface area contributed by atoms with Crippen molar-refractivity contribution in [1.29, 1.82) is 5.26 Å². The summed E-state index contributed by atoms with van der Waals surface area (Å²) in [7, 11) is 0. The van der Waals surface area contributed by atoms with Crippen molar-refractivity contribution >= 4 is 11.9 Å². The summed E-state index contributed by atoms with van der Waals surface area (Å²) in [4.78, 5) is 26.4. The molecule has 104 valence electrons. The van der Waals surface area contributed by atoms with E-state index < -0.39 is 11.9 Å². The van der Waals surface area contributed by atoms with Crippen LogP contribution in [-0.2, 0) is 6.54 Å². The van der Waals surface area contributed by atoms with Gasteiger partial charge in [0.05, 0.1) is 11.6 Å². The molecule has 0 fully saturated rings. The Hall–Kier alpha value is -3.20. The number of carbonyl (C=O) groups excluding carboxylic acids is 1. The van der Waals surface area contributed by atoms with E-state index in [-0.39, 0.29) is 17.8 Å². The van der Waals surface area contributed by atoms with Gasteiger partial charge in [-0.25, -0.2) is 9.78 Å². The molecule has 0 atom stereocenters. The maximum absolute atomic E-state index is 12.0. The topological polar surface area (TPSA) is 103 Å². The second kappa shape index (κ2) is 6.30. The first kappa shape index (κ1) is 14.2. The molecular weight excluding hydrogens is 270 g/mol. The van der Waals surface area contributed by atoms with Gasteiger partial charge in [-0.05, 0) is 29.8 Å². The number of carboxylic acid groups (broad SMARTS) is 1. The first-order valence-electron chi connectivity index (χ1n) is 6.07. The van der Waals surface area contributed by atoms with Crippen LogP contribution in [0.3, 0.4) is 0 Å². The average molecular weight is 281 g/mol. The van der Waals surface area contributed by atoms with Gasteiger partial charge in [-0.1, -0.05) is 12.1 Å². The smallest absolute Gasteiger partial charge is 0.354 e. The Labute approximate surface area is 120 Å². The predicted molar refractivity (Wildman–Crippen MR) is 73.5 cm³/mol. The highest BCUT2D eigenvalue weighted by atomic mass is 16.4. The minimum atomic E-state index is -1.19. The number of amides is 1. The highest BCUT2D eigenvalue weighted by molar-refractivity contribution is 5.96. The van der Waals surface area contributed by atoms with Crippen LogP contribution in [0.1, 0.15) is 32.0 Å². The molecule has 0 spiro atoms. The van der Waals surface area contributed by atoms with Crippen molar-refractivity contribution in [2.24, 2.45) is 0 Å². The van der Waals surface area contributed by atoms with Crippen molar-refractivity contribution in [3.8, 4) is 6.07 Å². The number of aromatic carboxylic acids is 1. The number of nitrogens with one attached hydrogen (secondary N) is 1. The Morgan fingerprint density at radius 3 is 2.81 bits per heavy atom. The van der Waals surface area contributed by atoms with E-state index in [1.54, 1.807) is 24.3 Å². The molecule has 21 heavy (non-hydrogen) atoms. The maximum atomic E-state index is 12.0. The van der Waals surface area contributed by atoms with Crippen molar-refractivity contribution < 1.29 is 14.7 Å². The minimum absolute atomic E-state index is 0.186. The van der Waals surface area contributed by atoms with Gasteiger partial charge in [-0.3, -0.25) is 4.79 Å². The van der Waals surface area contributed by atoms with Crippen molar-refractivity contribution in [1.82, 2.24) is 10.3 Å². The number of nitrogens with zero attached hydrogens (tertiary/aromatic N) is 2. The fraction of sp³-hybridized carbons (Fsp3) is 0.0667. The van der Waals surface area contributed by atoms with Crippen LogP contribution >= 0.6 is 0 Å². The van der Waals surface area contributed by atoms with E-state index in [1.165, 1.54) is 18.3 Å². The van der Waals surface area contributed by atoms with Crippen LogP contribution in [0.5, 0.6) is 0 Å². The largest absolute Gasteiger partial charge is 0.477 e. The average Bonchev–Trinajstić information content (AvgIpc) is 2.53. The van der Waals surface area contributed by atoms with Crippen molar-refractivity contribution in [3.63, 3.8) is 0 Å². The molecule has 2 aromatic rings. The van der Waals surface area contributed by atoms with E-state index in [2.05, 4.69) is 10.3 Å². The number of benzene rings is 1. The molecule has 0 aliphatic carbocycles. The molecule has 1 aromatic carbocycles. The Bertz CT molecular complexity index is 735. The molecule has 2 N–H and O–H groups in total. The molecule has 0 radical (unpaired) electrons. The van der Waals surface area contributed by atoms with E-state index in [4.69, 9.17) is 10.4 Å². The molecule has 6 nitrogen and oxygen atoms in total. The molecule has 6 heteroatoms. The van der Waals surface area contributed by atoms with E-state index in [1.807, 2.05) is 6.07 Å². The number of nitriles is 1. The number of hydrogen-bond donors (Lipinski definition) is 2. The zero-order chi connectivity index (χ0) is 15.2. The molecule has 0 aliphatic rings. The maximum Gasteiger partial charge on any atom is 0.354 e. The van der Waals surface area contributed by atoms with Gasteiger partial charge in [0, 0.05) is 18.3 Å². The van der Waals surface area contributed by atoms with Crippen LogP contribution < -0.4 is 5.32 Å². The lowest BCUT2D eigenvalue weighted by molar-refractivity contribution is 0.0690. The normalized spacial score (nSPS) is 9.67. The monoisotopic (exact) mass is 281 g/mol. The van der Waals surface area contributed by atoms with Gasteiger partial charge in [0.2, 0.25) is 0 Å². The lowest BCUT2D eigenvalue weighted by atomic mass is 10.1. The number of carboxylic acids is 1. The molecule has 0 aliphatic heterocycles. The Morgan fingerprint density at radius 1 is 1.29 bits per heavy atom. The summed E-state index contributed by atoms with van der Waals surface area (Å²) in [5, 5.41) is 20.3. The van der Waals surface area contributed by atoms with Crippen molar-refractivity contribution in [2.75, 3.05) is 0 Å². The van der Waals surface area contributed by atoms with E-state index in [0.29, 0.717) is 5.56 Å². The fourth-order valence-corrected chi connectivity index (χ4v) is 1.72. The first-order valence-corrected chi connectivity index (χ1v) is 6.07. The van der Waals surface area contributed by atoms with Gasteiger partial charge < -0.3 is 10.4 Å². The fourth-order valence-electron chi connectivity index (χ4n) is 1.72. The quantitative estimate of drug-likeness (QED) is 0.885. The summed E-state index contributed by atoms with van der Waals surface area (Å²) in [6.45, 7) is 0.249. The van der Waals surface area contributed by atoms with Gasteiger partial charge >= 0.3 is 5.97 Å². The molecule has 0 saturated heterocycles. The Morgan fingerprint density at radius 2 is 2.10 bits per heavy atom. The second-order valence-electron chi connectivity index (χ2n) is 4.23. The Balaban J connectivity index is 2.06. The Kier molecular flexibility index (Phi) is 4.26. The van der Waals surface area contributed by atoms with Crippen molar-refractivity contribution in [3.05, 3.63) is 65.0 Å². The van der Waals surface area contributed by atoms with Crippen LogP contribution in [0.2, 0.25) is 0 Å². The first-order chi connectivity index (χ1) is 10.1. The van der Waals surface area contributed by atoms with Crippen LogP contribution in [0.4, 0.5) is 0 Å². The third-order valence-electron chi connectivity index (χ3n) is 2.75. The van der Waals surface area contributed by atoms with Crippen molar-refractivity contribution in [2.45, 2.75) is 6.54 Å². The molecule has 1 heterocycles. The molecule has 0 bridgehead atoms. The van der Waals surface area contributed by atoms with Gasteiger partial charge in [0.15, 0.2) is 0 Å². The number of hydrogen-bond acceptors (Lipinski definition) is 4. The second-order valence-corrected chi connectivity index (χ2v) is 4.23. The zero-order valence-corrected chi connectivity index (χ0v) is 10.9. The third-order valence-corrected chi connectivity index (χ3v) is 2.75. The van der Waals surface area contributed by atoms with E-state index >= 15 is 0 Å². The lowest BCUT2D eigenvalue weighted by Gasteiger charge is -2.06. The minimum Gasteiger partial charge on any atom is -0.477 e. The summed E-state index contributed by atoms with van der Waals surface area (Å²) in [5.41, 5.74) is 1.33. The molecule has 1 aromatic heterocycles. The lowest BCUT2D eigenvalue weighted by Crippen LogP contribution is -2.23. The zero-order valence-electron chi connectivity index (χ0n) is 10.9. The predicted octanol–water partition coefficient (Wildman–Crippen LogP) is 1.58. The van der Waals surface area contributed by atoms with Crippen LogP contribution in [0, 0.1) is 11.3 Å². The summed E-state index contributed by atoms with van der Waals surface area (Å²) in [5.74, 6) is -1.59. The molecule has 1 amide bonds.